The zero-order valence-electron chi connectivity index (χ0n) is 18.6. The number of aryl methyl sites for hydroxylation is 2. The molecule has 2 fully saturated rings. The Morgan fingerprint density at radius 1 is 1.23 bits per heavy atom. The van der Waals surface area contributed by atoms with E-state index in [-0.39, 0.29) is 35.9 Å². The van der Waals surface area contributed by atoms with Crippen LogP contribution in [0.1, 0.15) is 44.3 Å². The molecule has 8 heteroatoms. The maximum Gasteiger partial charge on any atom is 0.225 e. The Kier molecular flexibility index (Phi) is 8.57. The van der Waals surface area contributed by atoms with Crippen molar-refractivity contribution in [1.29, 1.82) is 0 Å². The van der Waals surface area contributed by atoms with E-state index >= 15 is 0 Å². The maximum atomic E-state index is 12.6. The molecule has 7 nitrogen and oxygen atoms in total. The number of hydrogen-bond acceptors (Lipinski definition) is 3. The molecule has 2 aromatic rings. The number of imidazole rings is 1. The van der Waals surface area contributed by atoms with Gasteiger partial charge in [-0.25, -0.2) is 4.98 Å². The van der Waals surface area contributed by atoms with Crippen molar-refractivity contribution in [3.8, 4) is 0 Å². The molecule has 1 saturated carbocycles. The molecule has 1 saturated heterocycles. The molecule has 4 rings (SSSR count). The van der Waals surface area contributed by atoms with Crippen LogP contribution in [0.15, 0.2) is 29.3 Å². The lowest BCUT2D eigenvalue weighted by Gasteiger charge is -2.21. The Balaban J connectivity index is 0.00000272. The first kappa shape index (κ1) is 23.8. The van der Waals surface area contributed by atoms with Crippen molar-refractivity contribution < 1.29 is 4.79 Å². The van der Waals surface area contributed by atoms with Crippen molar-refractivity contribution in [2.45, 2.75) is 58.0 Å². The van der Waals surface area contributed by atoms with Gasteiger partial charge >= 0.3 is 0 Å². The molecule has 0 bridgehead atoms. The first-order valence-electron chi connectivity index (χ1n) is 11.3. The van der Waals surface area contributed by atoms with Crippen molar-refractivity contribution in [3.05, 3.63) is 30.1 Å². The number of para-hydroxylation sites is 2. The SMILES string of the molecule is CN=C(NCCCn1c(C)nc2ccccc21)NC1CCN(C(=O)C2CCCC2)C1.I. The van der Waals surface area contributed by atoms with E-state index in [2.05, 4.69) is 50.3 Å². The number of amides is 1. The monoisotopic (exact) mass is 538 g/mol. The second-order valence-corrected chi connectivity index (χ2v) is 8.55. The van der Waals surface area contributed by atoms with Crippen molar-refractivity contribution in [2.75, 3.05) is 26.7 Å². The summed E-state index contributed by atoms with van der Waals surface area (Å²) in [5.74, 6) is 2.51. The van der Waals surface area contributed by atoms with Crippen molar-refractivity contribution >= 4 is 46.9 Å². The number of aromatic nitrogens is 2. The number of hydrogen-bond donors (Lipinski definition) is 2. The average Bonchev–Trinajstić information content (AvgIpc) is 3.50. The third kappa shape index (κ3) is 5.70. The van der Waals surface area contributed by atoms with E-state index in [4.69, 9.17) is 0 Å². The number of guanidine groups is 1. The van der Waals surface area contributed by atoms with E-state index in [1.165, 1.54) is 18.4 Å². The predicted octanol–water partition coefficient (Wildman–Crippen LogP) is 3.31. The number of aliphatic imine (C=N–C) groups is 1. The van der Waals surface area contributed by atoms with Gasteiger partial charge < -0.3 is 20.1 Å². The first-order chi connectivity index (χ1) is 14.7. The van der Waals surface area contributed by atoms with Crippen LogP contribution in [-0.2, 0) is 11.3 Å². The molecule has 31 heavy (non-hydrogen) atoms. The summed E-state index contributed by atoms with van der Waals surface area (Å²) in [6, 6.07) is 8.56. The second kappa shape index (κ2) is 11.2. The molecule has 170 valence electrons. The van der Waals surface area contributed by atoms with Gasteiger partial charge in [-0.15, -0.1) is 24.0 Å². The van der Waals surface area contributed by atoms with Crippen LogP contribution in [0.2, 0.25) is 0 Å². The number of halogens is 1. The number of fused-ring (bicyclic) bond motifs is 1. The van der Waals surface area contributed by atoms with Crippen LogP contribution in [0.3, 0.4) is 0 Å². The third-order valence-corrected chi connectivity index (χ3v) is 6.47. The van der Waals surface area contributed by atoms with Crippen LogP contribution in [0.5, 0.6) is 0 Å². The first-order valence-corrected chi connectivity index (χ1v) is 11.3. The summed E-state index contributed by atoms with van der Waals surface area (Å²) < 4.78 is 2.27. The minimum Gasteiger partial charge on any atom is -0.356 e. The molecule has 1 unspecified atom stereocenters. The van der Waals surface area contributed by atoms with E-state index in [1.54, 1.807) is 7.05 Å². The highest BCUT2D eigenvalue weighted by Gasteiger charge is 2.32. The lowest BCUT2D eigenvalue weighted by atomic mass is 10.1. The second-order valence-electron chi connectivity index (χ2n) is 8.55. The Labute approximate surface area is 202 Å². The predicted molar refractivity (Wildman–Crippen MR) is 136 cm³/mol. The van der Waals surface area contributed by atoms with Gasteiger partial charge in [-0.2, -0.15) is 0 Å². The zero-order valence-corrected chi connectivity index (χ0v) is 21.0. The highest BCUT2D eigenvalue weighted by molar-refractivity contribution is 14.0. The number of rotatable bonds is 6. The van der Waals surface area contributed by atoms with Gasteiger partial charge in [-0.05, 0) is 44.7 Å². The molecule has 0 radical (unpaired) electrons. The lowest BCUT2D eigenvalue weighted by molar-refractivity contribution is -0.134. The zero-order chi connectivity index (χ0) is 20.9. The van der Waals surface area contributed by atoms with E-state index in [0.717, 1.165) is 69.2 Å². The van der Waals surface area contributed by atoms with E-state index < -0.39 is 0 Å². The summed E-state index contributed by atoms with van der Waals surface area (Å²) in [7, 11) is 1.80. The van der Waals surface area contributed by atoms with Crippen molar-refractivity contribution in [2.24, 2.45) is 10.9 Å². The summed E-state index contributed by atoms with van der Waals surface area (Å²) in [5.41, 5.74) is 2.24. The fourth-order valence-electron chi connectivity index (χ4n) is 4.82. The Bertz CT molecular complexity index is 905. The summed E-state index contributed by atoms with van der Waals surface area (Å²) >= 11 is 0. The minimum absolute atomic E-state index is 0. The van der Waals surface area contributed by atoms with Crippen LogP contribution >= 0.6 is 24.0 Å². The maximum absolute atomic E-state index is 12.6. The van der Waals surface area contributed by atoms with Crippen molar-refractivity contribution in [1.82, 2.24) is 25.1 Å². The summed E-state index contributed by atoms with van der Waals surface area (Å²) in [6.45, 7) is 5.46. The van der Waals surface area contributed by atoms with E-state index in [9.17, 15) is 4.79 Å². The van der Waals surface area contributed by atoms with Gasteiger partial charge in [-0.1, -0.05) is 25.0 Å². The van der Waals surface area contributed by atoms with E-state index in [1.807, 2.05) is 11.0 Å². The number of carbonyl (C=O) groups excluding carboxylic acids is 1. The largest absolute Gasteiger partial charge is 0.356 e. The highest BCUT2D eigenvalue weighted by Crippen LogP contribution is 2.27. The van der Waals surface area contributed by atoms with Gasteiger partial charge in [0.25, 0.3) is 0 Å². The summed E-state index contributed by atoms with van der Waals surface area (Å²) in [4.78, 5) is 23.7. The quantitative estimate of drug-likeness (QED) is 0.256. The third-order valence-electron chi connectivity index (χ3n) is 6.47. The van der Waals surface area contributed by atoms with Crippen LogP contribution in [0.25, 0.3) is 11.0 Å². The van der Waals surface area contributed by atoms with Crippen LogP contribution < -0.4 is 10.6 Å². The van der Waals surface area contributed by atoms with Gasteiger partial charge in [0.2, 0.25) is 5.91 Å². The van der Waals surface area contributed by atoms with Gasteiger partial charge in [0.1, 0.15) is 5.82 Å². The molecule has 2 heterocycles. The number of nitrogens with one attached hydrogen (secondary N) is 2. The van der Waals surface area contributed by atoms with Gasteiger partial charge in [0, 0.05) is 45.2 Å². The van der Waals surface area contributed by atoms with Crippen LogP contribution in [-0.4, -0.2) is 59.0 Å². The topological polar surface area (TPSA) is 74.6 Å². The molecule has 1 aliphatic carbocycles. The lowest BCUT2D eigenvalue weighted by Crippen LogP contribution is -2.45. The average molecular weight is 538 g/mol. The summed E-state index contributed by atoms with van der Waals surface area (Å²) in [6.07, 6.45) is 6.52. The molecule has 2 N–H and O–H groups in total. The molecular weight excluding hydrogens is 503 g/mol. The number of benzene rings is 1. The van der Waals surface area contributed by atoms with Crippen molar-refractivity contribution in [3.63, 3.8) is 0 Å². The van der Waals surface area contributed by atoms with Gasteiger partial charge in [0.05, 0.1) is 11.0 Å². The number of carbonyl (C=O) groups is 1. The molecule has 1 aromatic carbocycles. The molecule has 2 aliphatic rings. The standard InChI is InChI=1S/C23H34N6O.HI/c1-17-26-20-10-5-6-11-21(20)29(17)14-7-13-25-23(24-2)27-19-12-15-28(16-19)22(30)18-8-3-4-9-18;/h5-6,10-11,18-19H,3-4,7-9,12-16H2,1-2H3,(H2,24,25,27);1H. The molecule has 1 atom stereocenters. The Morgan fingerprint density at radius 2 is 2.00 bits per heavy atom. The van der Waals surface area contributed by atoms with Gasteiger partial charge in [-0.3, -0.25) is 9.79 Å². The smallest absolute Gasteiger partial charge is 0.225 e. The minimum atomic E-state index is 0. The summed E-state index contributed by atoms with van der Waals surface area (Å²) in [5, 5.41) is 6.93. The highest BCUT2D eigenvalue weighted by atomic mass is 127. The molecule has 1 aromatic heterocycles. The molecule has 1 amide bonds. The number of likely N-dealkylation sites (tertiary alicyclic amines) is 1. The van der Waals surface area contributed by atoms with Gasteiger partial charge in [0.15, 0.2) is 5.96 Å². The molecule has 0 spiro atoms. The fraction of sp³-hybridized carbons (Fsp3) is 0.609. The number of nitrogens with zero attached hydrogens (tertiary/aromatic N) is 4. The van der Waals surface area contributed by atoms with Crippen LogP contribution in [0.4, 0.5) is 0 Å². The normalized spacial score (nSPS) is 19.6. The molecular formula is C23H35IN6O. The Morgan fingerprint density at radius 3 is 2.77 bits per heavy atom. The Hall–Kier alpha value is -1.84. The fourth-order valence-corrected chi connectivity index (χ4v) is 4.82. The van der Waals surface area contributed by atoms with E-state index in [0.29, 0.717) is 5.91 Å². The van der Waals surface area contributed by atoms with Crippen LogP contribution in [0, 0.1) is 12.8 Å². The molecule has 1 aliphatic heterocycles.